The van der Waals surface area contributed by atoms with Crippen LogP contribution in [-0.2, 0) is 6.42 Å². The molecule has 2 aromatic carbocycles. The SMILES string of the molecule is CNC(=O)c1cc(Oc2ccc(NC(=O)Nc3cc(CC(C)(C)C)nn3-c3cc(F)cc(F)c3)c(F)c2)ccn1. The minimum absolute atomic E-state index is 0.0660. The second kappa shape index (κ2) is 11.5. The molecule has 40 heavy (non-hydrogen) atoms. The van der Waals surface area contributed by atoms with Crippen LogP contribution in [0.5, 0.6) is 11.5 Å². The van der Waals surface area contributed by atoms with Gasteiger partial charge in [-0.2, -0.15) is 5.10 Å². The quantitative estimate of drug-likeness (QED) is 0.258. The summed E-state index contributed by atoms with van der Waals surface area (Å²) < 4.78 is 49.5. The van der Waals surface area contributed by atoms with Crippen molar-refractivity contribution in [2.45, 2.75) is 27.2 Å². The van der Waals surface area contributed by atoms with Crippen molar-refractivity contribution in [1.82, 2.24) is 20.1 Å². The molecular formula is C28H27F3N6O3. The van der Waals surface area contributed by atoms with Gasteiger partial charge in [-0.25, -0.2) is 22.6 Å². The van der Waals surface area contributed by atoms with Gasteiger partial charge in [0.25, 0.3) is 5.91 Å². The molecule has 0 bridgehead atoms. The Hall–Kier alpha value is -4.87. The summed E-state index contributed by atoms with van der Waals surface area (Å²) in [7, 11) is 1.47. The molecule has 3 amide bonds. The van der Waals surface area contributed by atoms with E-state index >= 15 is 0 Å². The van der Waals surface area contributed by atoms with Crippen LogP contribution in [0.1, 0.15) is 37.0 Å². The van der Waals surface area contributed by atoms with E-state index in [0.717, 1.165) is 24.3 Å². The third kappa shape index (κ3) is 7.16. The molecule has 0 saturated heterocycles. The van der Waals surface area contributed by atoms with Gasteiger partial charge in [0, 0.05) is 37.5 Å². The number of rotatable bonds is 7. The van der Waals surface area contributed by atoms with Crippen LogP contribution < -0.4 is 20.7 Å². The van der Waals surface area contributed by atoms with E-state index in [1.54, 1.807) is 6.07 Å². The highest BCUT2D eigenvalue weighted by molar-refractivity contribution is 5.99. The van der Waals surface area contributed by atoms with Gasteiger partial charge in [-0.05, 0) is 42.2 Å². The van der Waals surface area contributed by atoms with E-state index in [4.69, 9.17) is 4.74 Å². The van der Waals surface area contributed by atoms with E-state index in [1.807, 2.05) is 20.8 Å². The van der Waals surface area contributed by atoms with Gasteiger partial charge < -0.3 is 15.4 Å². The Balaban J connectivity index is 1.52. The minimum atomic E-state index is -0.808. The first-order valence-electron chi connectivity index (χ1n) is 12.2. The molecule has 9 nitrogen and oxygen atoms in total. The normalized spacial score (nSPS) is 11.2. The second-order valence-electron chi connectivity index (χ2n) is 10.1. The third-order valence-corrected chi connectivity index (χ3v) is 5.42. The highest BCUT2D eigenvalue weighted by Gasteiger charge is 2.19. The number of benzene rings is 2. The molecule has 4 aromatic rings. The number of pyridine rings is 1. The smallest absolute Gasteiger partial charge is 0.324 e. The van der Waals surface area contributed by atoms with Gasteiger partial charge in [-0.15, -0.1) is 0 Å². The summed E-state index contributed by atoms with van der Waals surface area (Å²) in [4.78, 5) is 28.5. The van der Waals surface area contributed by atoms with Gasteiger partial charge >= 0.3 is 6.03 Å². The van der Waals surface area contributed by atoms with Crippen molar-refractivity contribution in [2.75, 3.05) is 17.7 Å². The van der Waals surface area contributed by atoms with E-state index in [9.17, 15) is 22.8 Å². The van der Waals surface area contributed by atoms with Gasteiger partial charge in [0.1, 0.15) is 40.5 Å². The van der Waals surface area contributed by atoms with Crippen LogP contribution in [-0.4, -0.2) is 33.8 Å². The number of anilines is 2. The Bertz CT molecular complexity index is 1550. The van der Waals surface area contributed by atoms with Gasteiger partial charge in [0.15, 0.2) is 0 Å². The molecule has 12 heteroatoms. The number of ether oxygens (including phenoxy) is 1. The summed E-state index contributed by atoms with van der Waals surface area (Å²) in [5.41, 5.74) is 0.468. The summed E-state index contributed by atoms with van der Waals surface area (Å²) in [6.45, 7) is 6.00. The van der Waals surface area contributed by atoms with E-state index in [0.29, 0.717) is 12.1 Å². The maximum Gasteiger partial charge on any atom is 0.324 e. The molecule has 0 aliphatic heterocycles. The zero-order valence-electron chi connectivity index (χ0n) is 22.2. The number of halogens is 3. The van der Waals surface area contributed by atoms with Crippen LogP contribution in [0, 0.1) is 22.9 Å². The molecule has 2 heterocycles. The maximum atomic E-state index is 14.8. The fourth-order valence-corrected chi connectivity index (χ4v) is 3.80. The molecule has 0 unspecified atom stereocenters. The summed E-state index contributed by atoms with van der Waals surface area (Å²) in [6.07, 6.45) is 1.90. The number of nitrogens with zero attached hydrogens (tertiary/aromatic N) is 3. The maximum absolute atomic E-state index is 14.8. The molecule has 3 N–H and O–H groups in total. The molecule has 0 radical (unpaired) electrons. The van der Waals surface area contributed by atoms with E-state index < -0.39 is 29.4 Å². The Labute approximate surface area is 228 Å². The number of amides is 3. The lowest BCUT2D eigenvalue weighted by Gasteiger charge is -2.15. The molecule has 0 spiro atoms. The predicted molar refractivity (Wildman–Crippen MR) is 143 cm³/mol. The third-order valence-electron chi connectivity index (χ3n) is 5.42. The number of carbonyl (C=O) groups excluding carboxylic acids is 2. The summed E-state index contributed by atoms with van der Waals surface area (Å²) in [6, 6.07) is 10.4. The fourth-order valence-electron chi connectivity index (χ4n) is 3.80. The monoisotopic (exact) mass is 552 g/mol. The fraction of sp³-hybridized carbons (Fsp3) is 0.214. The molecular weight excluding hydrogens is 525 g/mol. The van der Waals surface area contributed by atoms with Crippen LogP contribution in [0.4, 0.5) is 29.5 Å². The lowest BCUT2D eigenvalue weighted by Crippen LogP contribution is -2.22. The average molecular weight is 553 g/mol. The molecule has 0 aliphatic carbocycles. The Kier molecular flexibility index (Phi) is 8.08. The molecule has 0 atom stereocenters. The predicted octanol–water partition coefficient (Wildman–Crippen LogP) is 6.07. The first-order chi connectivity index (χ1) is 18.9. The van der Waals surface area contributed by atoms with Crippen molar-refractivity contribution < 1.29 is 27.5 Å². The number of aromatic nitrogens is 3. The lowest BCUT2D eigenvalue weighted by molar-refractivity contribution is 0.0957. The minimum Gasteiger partial charge on any atom is -0.457 e. The van der Waals surface area contributed by atoms with Crippen molar-refractivity contribution >= 4 is 23.4 Å². The zero-order valence-corrected chi connectivity index (χ0v) is 22.2. The lowest BCUT2D eigenvalue weighted by atomic mass is 9.91. The van der Waals surface area contributed by atoms with Crippen molar-refractivity contribution in [1.29, 1.82) is 0 Å². The van der Waals surface area contributed by atoms with Crippen molar-refractivity contribution in [2.24, 2.45) is 5.41 Å². The molecule has 0 saturated carbocycles. The van der Waals surface area contributed by atoms with Crippen LogP contribution in [0.2, 0.25) is 0 Å². The van der Waals surface area contributed by atoms with Crippen LogP contribution in [0.15, 0.2) is 60.8 Å². The van der Waals surface area contributed by atoms with Gasteiger partial charge in [0.2, 0.25) is 0 Å². The molecule has 0 fully saturated rings. The number of urea groups is 1. The molecule has 2 aromatic heterocycles. The standard InChI is InChI=1S/C28H27F3N6O3/c1-28(2,3)15-18-12-25(37(36-18)19-10-16(29)9-17(30)11-19)35-27(39)34-23-6-5-20(13-22(23)31)40-21-7-8-33-24(14-21)26(38)32-4/h5-14H,15H2,1-4H3,(H,32,38)(H2,34,35,39). The summed E-state index contributed by atoms with van der Waals surface area (Å²) in [5, 5.41) is 11.8. The van der Waals surface area contributed by atoms with E-state index in [2.05, 4.69) is 26.0 Å². The number of nitrogens with one attached hydrogen (secondary N) is 3. The second-order valence-corrected chi connectivity index (χ2v) is 10.1. The number of carbonyl (C=O) groups is 2. The first kappa shape index (κ1) is 28.1. The highest BCUT2D eigenvalue weighted by Crippen LogP contribution is 2.27. The first-order valence-corrected chi connectivity index (χ1v) is 12.2. The van der Waals surface area contributed by atoms with E-state index in [-0.39, 0.29) is 39.8 Å². The van der Waals surface area contributed by atoms with Crippen LogP contribution >= 0.6 is 0 Å². The van der Waals surface area contributed by atoms with Crippen molar-refractivity contribution in [3.8, 4) is 17.2 Å². The molecule has 208 valence electrons. The highest BCUT2D eigenvalue weighted by atomic mass is 19.1. The molecule has 4 rings (SSSR count). The van der Waals surface area contributed by atoms with Gasteiger partial charge in [-0.1, -0.05) is 20.8 Å². The van der Waals surface area contributed by atoms with Crippen molar-refractivity contribution in [3.05, 3.63) is 89.6 Å². The Morgan fingerprint density at radius 1 is 0.925 bits per heavy atom. The Morgan fingerprint density at radius 2 is 1.62 bits per heavy atom. The van der Waals surface area contributed by atoms with Crippen molar-refractivity contribution in [3.63, 3.8) is 0 Å². The number of hydrogen-bond acceptors (Lipinski definition) is 5. The summed E-state index contributed by atoms with van der Waals surface area (Å²) >= 11 is 0. The largest absolute Gasteiger partial charge is 0.457 e. The molecule has 0 aliphatic rings. The van der Waals surface area contributed by atoms with Crippen LogP contribution in [0.25, 0.3) is 5.69 Å². The Morgan fingerprint density at radius 3 is 2.27 bits per heavy atom. The topological polar surface area (TPSA) is 110 Å². The van der Waals surface area contributed by atoms with E-state index in [1.165, 1.54) is 42.2 Å². The summed E-state index contributed by atoms with van der Waals surface area (Å²) in [5.74, 6) is -2.29. The number of hydrogen-bond donors (Lipinski definition) is 3. The average Bonchev–Trinajstić information content (AvgIpc) is 3.25. The van der Waals surface area contributed by atoms with Crippen LogP contribution in [0.3, 0.4) is 0 Å². The van der Waals surface area contributed by atoms with Gasteiger partial charge in [-0.3, -0.25) is 15.1 Å². The van der Waals surface area contributed by atoms with Gasteiger partial charge in [0.05, 0.1) is 17.1 Å². The zero-order chi connectivity index (χ0) is 29.0.